The summed E-state index contributed by atoms with van der Waals surface area (Å²) in [4.78, 5) is 0. The highest BCUT2D eigenvalue weighted by molar-refractivity contribution is 5.44. The van der Waals surface area contributed by atoms with Crippen LogP contribution in [0.3, 0.4) is 0 Å². The zero-order valence-corrected chi connectivity index (χ0v) is 14.3. The van der Waals surface area contributed by atoms with Gasteiger partial charge in [0, 0.05) is 0 Å². The highest BCUT2D eigenvalue weighted by Crippen LogP contribution is 2.40. The molecule has 0 aliphatic heterocycles. The molecule has 2 N–H and O–H groups in total. The fourth-order valence-electron chi connectivity index (χ4n) is 3.59. The third-order valence-electron chi connectivity index (χ3n) is 4.88. The number of benzene rings is 1. The SMILES string of the molecule is CCOc1ccc(C(CN)C2CCC(C)CC2)cc1OCC. The van der Waals surface area contributed by atoms with Crippen molar-refractivity contribution in [2.24, 2.45) is 17.6 Å². The first kappa shape index (κ1) is 17.1. The Hall–Kier alpha value is -1.22. The smallest absolute Gasteiger partial charge is 0.161 e. The topological polar surface area (TPSA) is 44.5 Å². The van der Waals surface area contributed by atoms with E-state index in [0.29, 0.717) is 31.6 Å². The van der Waals surface area contributed by atoms with Crippen LogP contribution in [0.2, 0.25) is 0 Å². The first-order chi connectivity index (χ1) is 10.7. The molecule has 3 heteroatoms. The predicted octanol–water partition coefficient (Wildman–Crippen LogP) is 4.35. The molecule has 22 heavy (non-hydrogen) atoms. The summed E-state index contributed by atoms with van der Waals surface area (Å²) >= 11 is 0. The van der Waals surface area contributed by atoms with Crippen molar-refractivity contribution in [1.29, 1.82) is 0 Å². The lowest BCUT2D eigenvalue weighted by atomic mass is 9.74. The van der Waals surface area contributed by atoms with E-state index in [0.717, 1.165) is 17.4 Å². The molecule has 0 saturated heterocycles. The minimum atomic E-state index is 0.433. The Balaban J connectivity index is 2.19. The lowest BCUT2D eigenvalue weighted by Gasteiger charge is -2.32. The van der Waals surface area contributed by atoms with Crippen LogP contribution in [0, 0.1) is 11.8 Å². The predicted molar refractivity (Wildman–Crippen MR) is 91.7 cm³/mol. The standard InChI is InChI=1S/C19H31NO2/c1-4-21-18-11-10-16(12-19(18)22-5-2)17(13-20)15-8-6-14(3)7-9-15/h10-12,14-15,17H,4-9,13,20H2,1-3H3. The summed E-state index contributed by atoms with van der Waals surface area (Å²) in [6.45, 7) is 8.37. The molecule has 1 aromatic carbocycles. The highest BCUT2D eigenvalue weighted by atomic mass is 16.5. The first-order valence-corrected chi connectivity index (χ1v) is 8.79. The van der Waals surface area contributed by atoms with Crippen molar-refractivity contribution in [2.75, 3.05) is 19.8 Å². The Labute approximate surface area is 135 Å². The van der Waals surface area contributed by atoms with E-state index in [2.05, 4.69) is 19.1 Å². The molecule has 2 rings (SSSR count). The molecule has 0 bridgehead atoms. The van der Waals surface area contributed by atoms with E-state index >= 15 is 0 Å². The van der Waals surface area contributed by atoms with E-state index in [-0.39, 0.29) is 0 Å². The van der Waals surface area contributed by atoms with Gasteiger partial charge in [-0.2, -0.15) is 0 Å². The summed E-state index contributed by atoms with van der Waals surface area (Å²) in [6.07, 6.45) is 5.24. The zero-order valence-electron chi connectivity index (χ0n) is 14.3. The average molecular weight is 305 g/mol. The summed E-state index contributed by atoms with van der Waals surface area (Å²) in [7, 11) is 0. The number of hydrogen-bond donors (Lipinski definition) is 1. The normalized spacial score (nSPS) is 23.1. The van der Waals surface area contributed by atoms with Crippen molar-refractivity contribution in [1.82, 2.24) is 0 Å². The maximum absolute atomic E-state index is 6.12. The van der Waals surface area contributed by atoms with Gasteiger partial charge in [-0.15, -0.1) is 0 Å². The van der Waals surface area contributed by atoms with E-state index in [1.54, 1.807) is 0 Å². The van der Waals surface area contributed by atoms with Crippen molar-refractivity contribution < 1.29 is 9.47 Å². The Morgan fingerprint density at radius 3 is 2.27 bits per heavy atom. The summed E-state index contributed by atoms with van der Waals surface area (Å²) in [6, 6.07) is 6.35. The van der Waals surface area contributed by atoms with Crippen LogP contribution in [0.4, 0.5) is 0 Å². The first-order valence-electron chi connectivity index (χ1n) is 8.79. The van der Waals surface area contributed by atoms with Crippen LogP contribution in [0.25, 0.3) is 0 Å². The van der Waals surface area contributed by atoms with Crippen LogP contribution in [0.1, 0.15) is 57.9 Å². The van der Waals surface area contributed by atoms with Gasteiger partial charge >= 0.3 is 0 Å². The summed E-state index contributed by atoms with van der Waals surface area (Å²) in [5.41, 5.74) is 7.42. The van der Waals surface area contributed by atoms with Crippen LogP contribution in [-0.4, -0.2) is 19.8 Å². The molecule has 1 atom stereocenters. The fraction of sp³-hybridized carbons (Fsp3) is 0.684. The summed E-state index contributed by atoms with van der Waals surface area (Å²) in [5.74, 6) is 3.69. The maximum Gasteiger partial charge on any atom is 0.161 e. The van der Waals surface area contributed by atoms with E-state index in [9.17, 15) is 0 Å². The van der Waals surface area contributed by atoms with E-state index in [4.69, 9.17) is 15.2 Å². The van der Waals surface area contributed by atoms with Gasteiger partial charge in [-0.1, -0.05) is 25.8 Å². The molecule has 3 nitrogen and oxygen atoms in total. The molecule has 0 amide bonds. The molecule has 1 saturated carbocycles. The van der Waals surface area contributed by atoms with Crippen molar-refractivity contribution in [2.45, 2.75) is 52.4 Å². The second kappa shape index (κ2) is 8.42. The van der Waals surface area contributed by atoms with Crippen LogP contribution < -0.4 is 15.2 Å². The van der Waals surface area contributed by atoms with Crippen molar-refractivity contribution in [3.05, 3.63) is 23.8 Å². The summed E-state index contributed by atoms with van der Waals surface area (Å²) < 4.78 is 11.4. The molecule has 0 heterocycles. The number of nitrogens with two attached hydrogens (primary N) is 1. The molecule has 1 aliphatic carbocycles. The quantitative estimate of drug-likeness (QED) is 0.814. The lowest BCUT2D eigenvalue weighted by Crippen LogP contribution is -2.25. The van der Waals surface area contributed by atoms with Crippen molar-refractivity contribution in [3.63, 3.8) is 0 Å². The zero-order chi connectivity index (χ0) is 15.9. The van der Waals surface area contributed by atoms with Gasteiger partial charge in [0.2, 0.25) is 0 Å². The van der Waals surface area contributed by atoms with Crippen molar-refractivity contribution in [3.8, 4) is 11.5 Å². The molecule has 1 aromatic rings. The van der Waals surface area contributed by atoms with E-state index in [1.165, 1.54) is 31.2 Å². The van der Waals surface area contributed by atoms with Crippen LogP contribution >= 0.6 is 0 Å². The Bertz CT molecular complexity index is 453. The van der Waals surface area contributed by atoms with Crippen molar-refractivity contribution >= 4 is 0 Å². The van der Waals surface area contributed by atoms with E-state index < -0.39 is 0 Å². The molecule has 0 aromatic heterocycles. The van der Waals surface area contributed by atoms with Gasteiger partial charge in [0.25, 0.3) is 0 Å². The molecule has 124 valence electrons. The van der Waals surface area contributed by atoms with Gasteiger partial charge in [0.05, 0.1) is 13.2 Å². The second-order valence-corrected chi connectivity index (χ2v) is 6.43. The van der Waals surface area contributed by atoms with Crippen LogP contribution in [-0.2, 0) is 0 Å². The number of ether oxygens (including phenoxy) is 2. The summed E-state index contributed by atoms with van der Waals surface area (Å²) in [5, 5.41) is 0. The molecular formula is C19H31NO2. The van der Waals surface area contributed by atoms with Gasteiger partial charge in [0.15, 0.2) is 11.5 Å². The molecule has 1 aliphatic rings. The van der Waals surface area contributed by atoms with Gasteiger partial charge in [-0.05, 0) is 68.7 Å². The minimum Gasteiger partial charge on any atom is -0.490 e. The second-order valence-electron chi connectivity index (χ2n) is 6.43. The Kier molecular flexibility index (Phi) is 6.56. The highest BCUT2D eigenvalue weighted by Gasteiger charge is 2.27. The Morgan fingerprint density at radius 1 is 1.05 bits per heavy atom. The van der Waals surface area contributed by atoms with Gasteiger partial charge in [0.1, 0.15) is 0 Å². The van der Waals surface area contributed by atoms with Gasteiger partial charge < -0.3 is 15.2 Å². The molecule has 1 fully saturated rings. The molecule has 0 radical (unpaired) electrons. The van der Waals surface area contributed by atoms with Gasteiger partial charge in [-0.3, -0.25) is 0 Å². The maximum atomic E-state index is 6.12. The largest absolute Gasteiger partial charge is 0.490 e. The molecule has 1 unspecified atom stereocenters. The monoisotopic (exact) mass is 305 g/mol. The van der Waals surface area contributed by atoms with E-state index in [1.807, 2.05) is 19.9 Å². The van der Waals surface area contributed by atoms with Crippen LogP contribution in [0.5, 0.6) is 11.5 Å². The average Bonchev–Trinajstić information content (AvgIpc) is 2.53. The fourth-order valence-corrected chi connectivity index (χ4v) is 3.59. The third kappa shape index (κ3) is 4.16. The molecular weight excluding hydrogens is 274 g/mol. The minimum absolute atomic E-state index is 0.433. The molecule has 0 spiro atoms. The Morgan fingerprint density at radius 2 is 1.68 bits per heavy atom. The third-order valence-corrected chi connectivity index (χ3v) is 4.88. The number of rotatable bonds is 7. The lowest BCUT2D eigenvalue weighted by molar-refractivity contribution is 0.254. The van der Waals surface area contributed by atoms with Crippen LogP contribution in [0.15, 0.2) is 18.2 Å². The van der Waals surface area contributed by atoms with Gasteiger partial charge in [-0.25, -0.2) is 0 Å². The number of hydrogen-bond acceptors (Lipinski definition) is 3.